The molecule has 1 saturated heterocycles. The summed E-state index contributed by atoms with van der Waals surface area (Å²) < 4.78 is 5.44. The molecule has 1 heterocycles. The average molecular weight is 298 g/mol. The molecule has 0 aliphatic carbocycles. The van der Waals surface area contributed by atoms with Crippen LogP contribution in [0.25, 0.3) is 0 Å². The van der Waals surface area contributed by atoms with Crippen LogP contribution < -0.4 is 5.32 Å². The second-order valence-electron chi connectivity index (χ2n) is 6.74. The third kappa shape index (κ3) is 6.04. The van der Waals surface area contributed by atoms with Crippen LogP contribution in [0.5, 0.6) is 0 Å². The molecule has 1 rings (SSSR count). The van der Waals surface area contributed by atoms with E-state index in [1.165, 1.54) is 0 Å². The lowest BCUT2D eigenvalue weighted by Crippen LogP contribution is -2.46. The second kappa shape index (κ2) is 7.78. The van der Waals surface area contributed by atoms with Crippen LogP contribution in [0.15, 0.2) is 0 Å². The minimum absolute atomic E-state index is 0.000779. The molecule has 0 unspecified atom stereocenters. The summed E-state index contributed by atoms with van der Waals surface area (Å²) in [5, 5.41) is 3.02. The fourth-order valence-electron chi connectivity index (χ4n) is 2.60. The van der Waals surface area contributed by atoms with E-state index in [0.717, 1.165) is 32.2 Å². The lowest BCUT2D eigenvalue weighted by Gasteiger charge is -2.27. The third-order valence-corrected chi connectivity index (χ3v) is 3.74. The molecular weight excluding hydrogens is 268 g/mol. The van der Waals surface area contributed by atoms with Gasteiger partial charge in [-0.25, -0.2) is 0 Å². The molecule has 0 aromatic heterocycles. The molecule has 5 heteroatoms. The number of likely N-dealkylation sites (tertiary alicyclic amines) is 1. The third-order valence-electron chi connectivity index (χ3n) is 3.74. The minimum atomic E-state index is -0.483. The Balaban J connectivity index is 2.53. The van der Waals surface area contributed by atoms with Gasteiger partial charge in [0.2, 0.25) is 5.91 Å². The summed E-state index contributed by atoms with van der Waals surface area (Å²) in [6.45, 7) is 10.8. The summed E-state index contributed by atoms with van der Waals surface area (Å²) in [7, 11) is 0. The molecule has 0 saturated carbocycles. The van der Waals surface area contributed by atoms with Crippen molar-refractivity contribution in [2.45, 2.75) is 78.0 Å². The Kier molecular flexibility index (Phi) is 6.65. The first-order valence-electron chi connectivity index (χ1n) is 8.03. The van der Waals surface area contributed by atoms with Gasteiger partial charge in [-0.3, -0.25) is 14.5 Å². The van der Waals surface area contributed by atoms with Crippen molar-refractivity contribution in [1.29, 1.82) is 0 Å². The lowest BCUT2D eigenvalue weighted by molar-refractivity contribution is -0.160. The van der Waals surface area contributed by atoms with Crippen molar-refractivity contribution in [3.8, 4) is 0 Å². The highest BCUT2D eigenvalue weighted by molar-refractivity contribution is 5.81. The molecule has 0 aromatic rings. The number of amides is 1. The zero-order valence-electron chi connectivity index (χ0n) is 14.1. The van der Waals surface area contributed by atoms with E-state index in [1.54, 1.807) is 0 Å². The second-order valence-corrected chi connectivity index (χ2v) is 6.74. The topological polar surface area (TPSA) is 58.6 Å². The molecule has 1 atom stereocenters. The maximum absolute atomic E-state index is 12.2. The van der Waals surface area contributed by atoms with Gasteiger partial charge in [0.25, 0.3) is 0 Å². The highest BCUT2D eigenvalue weighted by Gasteiger charge is 2.35. The first-order chi connectivity index (χ1) is 9.76. The summed E-state index contributed by atoms with van der Waals surface area (Å²) in [6, 6.07) is -0.0586. The first kappa shape index (κ1) is 18.0. The van der Waals surface area contributed by atoms with Crippen molar-refractivity contribution in [3.63, 3.8) is 0 Å². The molecule has 1 aliphatic rings. The lowest BCUT2D eigenvalue weighted by atomic mass is 10.1. The molecule has 0 aromatic carbocycles. The standard InChI is InChI=1S/C16H30N2O3/c1-6-12(7-2)17-14(19)11-18-10-8-9-13(18)15(20)21-16(3,4)5/h12-13H,6-11H2,1-5H3,(H,17,19)/t13-/m1/s1. The van der Waals surface area contributed by atoms with Crippen LogP contribution >= 0.6 is 0 Å². The number of hydrogen-bond acceptors (Lipinski definition) is 4. The molecule has 0 spiro atoms. The predicted octanol–water partition coefficient (Wildman–Crippen LogP) is 2.10. The fourth-order valence-corrected chi connectivity index (χ4v) is 2.60. The molecule has 0 radical (unpaired) electrons. The molecule has 1 aliphatic heterocycles. The van der Waals surface area contributed by atoms with Crippen LogP contribution in [0.4, 0.5) is 0 Å². The predicted molar refractivity (Wildman–Crippen MR) is 83.0 cm³/mol. The molecule has 5 nitrogen and oxygen atoms in total. The van der Waals surface area contributed by atoms with Crippen LogP contribution in [0.2, 0.25) is 0 Å². The van der Waals surface area contributed by atoms with Gasteiger partial charge >= 0.3 is 5.97 Å². The Labute approximate surface area is 128 Å². The number of hydrogen-bond donors (Lipinski definition) is 1. The van der Waals surface area contributed by atoms with Gasteiger partial charge in [0.05, 0.1) is 6.54 Å². The zero-order chi connectivity index (χ0) is 16.0. The normalized spacial score (nSPS) is 19.8. The van der Waals surface area contributed by atoms with E-state index in [0.29, 0.717) is 0 Å². The van der Waals surface area contributed by atoms with E-state index in [9.17, 15) is 9.59 Å². The molecule has 1 N–H and O–H groups in total. The number of nitrogens with zero attached hydrogens (tertiary/aromatic N) is 1. The van der Waals surface area contributed by atoms with E-state index in [-0.39, 0.29) is 30.5 Å². The summed E-state index contributed by atoms with van der Waals surface area (Å²) in [4.78, 5) is 26.2. The van der Waals surface area contributed by atoms with Gasteiger partial charge in [0.15, 0.2) is 0 Å². The van der Waals surface area contributed by atoms with Crippen LogP contribution in [0.3, 0.4) is 0 Å². The highest BCUT2D eigenvalue weighted by atomic mass is 16.6. The van der Waals surface area contributed by atoms with Crippen molar-refractivity contribution < 1.29 is 14.3 Å². The molecule has 0 bridgehead atoms. The van der Waals surface area contributed by atoms with Gasteiger partial charge in [-0.05, 0) is 53.0 Å². The number of carbonyl (C=O) groups is 2. The number of nitrogens with one attached hydrogen (secondary N) is 1. The van der Waals surface area contributed by atoms with Gasteiger partial charge in [-0.2, -0.15) is 0 Å². The van der Waals surface area contributed by atoms with Gasteiger partial charge in [-0.15, -0.1) is 0 Å². The van der Waals surface area contributed by atoms with Crippen LogP contribution in [0.1, 0.15) is 60.3 Å². The first-order valence-corrected chi connectivity index (χ1v) is 8.03. The quantitative estimate of drug-likeness (QED) is 0.763. The largest absolute Gasteiger partial charge is 0.459 e. The van der Waals surface area contributed by atoms with E-state index in [2.05, 4.69) is 19.2 Å². The van der Waals surface area contributed by atoms with Crippen molar-refractivity contribution in [1.82, 2.24) is 10.2 Å². The Bertz CT molecular complexity index is 359. The van der Waals surface area contributed by atoms with Gasteiger partial charge in [-0.1, -0.05) is 13.8 Å². The van der Waals surface area contributed by atoms with E-state index >= 15 is 0 Å². The highest BCUT2D eigenvalue weighted by Crippen LogP contribution is 2.20. The number of esters is 1. The van der Waals surface area contributed by atoms with Crippen LogP contribution in [-0.4, -0.2) is 47.6 Å². The van der Waals surface area contributed by atoms with Crippen molar-refractivity contribution in [3.05, 3.63) is 0 Å². The smallest absolute Gasteiger partial charge is 0.323 e. The van der Waals surface area contributed by atoms with Gasteiger partial charge in [0.1, 0.15) is 11.6 Å². The summed E-state index contributed by atoms with van der Waals surface area (Å²) >= 11 is 0. The fraction of sp³-hybridized carbons (Fsp3) is 0.875. The van der Waals surface area contributed by atoms with E-state index in [4.69, 9.17) is 4.74 Å². The van der Waals surface area contributed by atoms with Crippen molar-refractivity contribution in [2.24, 2.45) is 0 Å². The van der Waals surface area contributed by atoms with Crippen LogP contribution in [-0.2, 0) is 14.3 Å². The summed E-state index contributed by atoms with van der Waals surface area (Å²) in [5.41, 5.74) is -0.483. The molecule has 1 amide bonds. The zero-order valence-corrected chi connectivity index (χ0v) is 14.1. The van der Waals surface area contributed by atoms with E-state index < -0.39 is 5.60 Å². The van der Waals surface area contributed by atoms with Gasteiger partial charge in [0, 0.05) is 6.04 Å². The number of ether oxygens (including phenoxy) is 1. The average Bonchev–Trinajstić information content (AvgIpc) is 2.82. The monoisotopic (exact) mass is 298 g/mol. The summed E-state index contributed by atoms with van der Waals surface area (Å²) in [6.07, 6.45) is 3.56. The SMILES string of the molecule is CCC(CC)NC(=O)CN1CCC[C@@H]1C(=O)OC(C)(C)C. The Morgan fingerprint density at radius 1 is 1.29 bits per heavy atom. The Morgan fingerprint density at radius 2 is 1.90 bits per heavy atom. The number of carbonyl (C=O) groups excluding carboxylic acids is 2. The maximum atomic E-state index is 12.2. The molecule has 122 valence electrons. The summed E-state index contributed by atoms with van der Waals surface area (Å²) in [5.74, 6) is -0.213. The van der Waals surface area contributed by atoms with Gasteiger partial charge < -0.3 is 10.1 Å². The van der Waals surface area contributed by atoms with Crippen LogP contribution in [0, 0.1) is 0 Å². The van der Waals surface area contributed by atoms with Crippen molar-refractivity contribution in [2.75, 3.05) is 13.1 Å². The Morgan fingerprint density at radius 3 is 2.43 bits per heavy atom. The Hall–Kier alpha value is -1.10. The minimum Gasteiger partial charge on any atom is -0.459 e. The maximum Gasteiger partial charge on any atom is 0.323 e. The molecule has 1 fully saturated rings. The molecular formula is C16H30N2O3. The van der Waals surface area contributed by atoms with Crippen molar-refractivity contribution >= 4 is 11.9 Å². The van der Waals surface area contributed by atoms with E-state index in [1.807, 2.05) is 25.7 Å². The molecule has 21 heavy (non-hydrogen) atoms. The number of rotatable bonds is 6.